The predicted octanol–water partition coefficient (Wildman–Crippen LogP) is 2.95. The lowest BCUT2D eigenvalue weighted by Crippen LogP contribution is -2.46. The number of benzene rings is 1. The molecule has 0 N–H and O–H groups in total. The van der Waals surface area contributed by atoms with E-state index in [4.69, 9.17) is 47.4 Å². The van der Waals surface area contributed by atoms with Crippen molar-refractivity contribution in [2.24, 2.45) is 10.8 Å². The number of rotatable bonds is 21. The summed E-state index contributed by atoms with van der Waals surface area (Å²) < 4.78 is 56.9. The highest BCUT2D eigenvalue weighted by molar-refractivity contribution is 6.04. The van der Waals surface area contributed by atoms with Crippen LogP contribution in [-0.4, -0.2) is 141 Å². The minimum Gasteiger partial charge on any atom is -0.497 e. The first kappa shape index (κ1) is 42.4. The van der Waals surface area contributed by atoms with Crippen LogP contribution in [0.15, 0.2) is 24.3 Å². The zero-order valence-electron chi connectivity index (χ0n) is 31.4. The van der Waals surface area contributed by atoms with Gasteiger partial charge in [0.25, 0.3) is 5.91 Å². The Hall–Kier alpha value is -4.06. The molecule has 2 heterocycles. The van der Waals surface area contributed by atoms with Crippen LogP contribution >= 0.6 is 0 Å². The van der Waals surface area contributed by atoms with E-state index in [2.05, 4.69) is 0 Å². The van der Waals surface area contributed by atoms with Crippen LogP contribution in [0.3, 0.4) is 0 Å². The maximum absolute atomic E-state index is 14.4. The van der Waals surface area contributed by atoms with Crippen LogP contribution in [-0.2, 0) is 42.7 Å². The van der Waals surface area contributed by atoms with Gasteiger partial charge >= 0.3 is 17.9 Å². The summed E-state index contributed by atoms with van der Waals surface area (Å²) in [7, 11) is 7.61. The molecule has 3 rings (SSSR count). The van der Waals surface area contributed by atoms with E-state index in [0.29, 0.717) is 37.9 Å². The molecule has 1 aliphatic rings. The largest absolute Gasteiger partial charge is 0.497 e. The van der Waals surface area contributed by atoms with Crippen LogP contribution < -0.4 is 14.2 Å². The Balaban J connectivity index is 2.20. The number of carbonyl (C=O) groups excluding carboxylic acids is 4. The highest BCUT2D eigenvalue weighted by Crippen LogP contribution is 2.47. The van der Waals surface area contributed by atoms with E-state index in [9.17, 15) is 19.2 Å². The predicted molar refractivity (Wildman–Crippen MR) is 185 cm³/mol. The maximum Gasteiger partial charge on any atom is 0.359 e. The second-order valence-corrected chi connectivity index (χ2v) is 12.7. The van der Waals surface area contributed by atoms with E-state index in [1.54, 1.807) is 59.3 Å². The van der Waals surface area contributed by atoms with Crippen molar-refractivity contribution < 1.29 is 66.5 Å². The van der Waals surface area contributed by atoms with Gasteiger partial charge in [0, 0.05) is 34.0 Å². The molecule has 0 bridgehead atoms. The third-order valence-corrected chi connectivity index (χ3v) is 8.10. The van der Waals surface area contributed by atoms with E-state index in [1.807, 2.05) is 0 Å². The van der Waals surface area contributed by atoms with Crippen LogP contribution in [0.4, 0.5) is 0 Å². The van der Waals surface area contributed by atoms with Gasteiger partial charge in [-0.15, -0.1) is 0 Å². The fourth-order valence-corrected chi connectivity index (χ4v) is 5.47. The second kappa shape index (κ2) is 20.3. The van der Waals surface area contributed by atoms with Crippen molar-refractivity contribution >= 4 is 23.8 Å². The molecule has 0 radical (unpaired) electrons. The molecule has 1 aromatic heterocycles. The first-order valence-electron chi connectivity index (χ1n) is 16.9. The number of ether oxygens (including phenoxy) is 10. The Bertz CT molecular complexity index is 1490. The Morgan fingerprint density at radius 1 is 0.731 bits per heavy atom. The maximum atomic E-state index is 14.4. The zero-order chi connectivity index (χ0) is 38.3. The molecule has 290 valence electrons. The lowest BCUT2D eigenvalue weighted by molar-refractivity contribution is -0.158. The van der Waals surface area contributed by atoms with E-state index >= 15 is 0 Å². The smallest absolute Gasteiger partial charge is 0.359 e. The molecule has 2 atom stereocenters. The summed E-state index contributed by atoms with van der Waals surface area (Å²) in [5, 5.41) is 0. The molecule has 0 spiro atoms. The molecule has 0 aliphatic carbocycles. The molecule has 0 fully saturated rings. The van der Waals surface area contributed by atoms with E-state index < -0.39 is 46.1 Å². The van der Waals surface area contributed by atoms with Gasteiger partial charge in [0.2, 0.25) is 11.5 Å². The molecule has 2 unspecified atom stereocenters. The van der Waals surface area contributed by atoms with E-state index in [1.165, 1.54) is 30.7 Å². The zero-order valence-corrected chi connectivity index (χ0v) is 31.4. The number of hydrogen-bond acceptors (Lipinski definition) is 14. The summed E-state index contributed by atoms with van der Waals surface area (Å²) >= 11 is 0. The summed E-state index contributed by atoms with van der Waals surface area (Å²) in [6.45, 7) is 6.55. The molecule has 2 aromatic rings. The van der Waals surface area contributed by atoms with Gasteiger partial charge in [-0.3, -0.25) is 19.0 Å². The number of aromatic nitrogens is 1. The SMILES string of the molecule is CCOC(=O)c1c2c(c(C(=O)N(C)C)n1-c1ccc(OC)cc1)OC(=O)C(C)(COCCOCCOC)CC(C)(COCCOCCOC)C(=O)O2. The Morgan fingerprint density at radius 3 is 1.63 bits per heavy atom. The van der Waals surface area contributed by atoms with Gasteiger partial charge in [-0.1, -0.05) is 0 Å². The van der Waals surface area contributed by atoms with Crippen molar-refractivity contribution in [1.82, 2.24) is 9.47 Å². The van der Waals surface area contributed by atoms with Crippen molar-refractivity contribution in [3.63, 3.8) is 0 Å². The Kier molecular flexibility index (Phi) is 16.5. The van der Waals surface area contributed by atoms with Crippen molar-refractivity contribution in [3.8, 4) is 22.9 Å². The number of amides is 1. The first-order chi connectivity index (χ1) is 24.9. The molecule has 0 saturated carbocycles. The third-order valence-electron chi connectivity index (χ3n) is 8.10. The van der Waals surface area contributed by atoms with Crippen molar-refractivity contribution in [1.29, 1.82) is 0 Å². The van der Waals surface area contributed by atoms with Crippen LogP contribution in [0.2, 0.25) is 0 Å². The Morgan fingerprint density at radius 2 is 1.19 bits per heavy atom. The standard InChI is InChI=1S/C36H52N2O14/c1-9-50-32(40)28-30-29(27(31(39)37(4)5)38(28)25-10-12-26(45-8)13-11-25)51-33(41)35(2,23-48-20-18-46-16-14-43-6)22-36(3,34(42)52-30)24-49-21-19-47-17-15-44-7/h10-13H,9,14-24H2,1-8H3. The average molecular weight is 737 g/mol. The quantitative estimate of drug-likeness (QED) is 0.135. The van der Waals surface area contributed by atoms with Gasteiger partial charge in [-0.05, 0) is 51.5 Å². The average Bonchev–Trinajstić information content (AvgIpc) is 3.43. The summed E-state index contributed by atoms with van der Waals surface area (Å²) in [4.78, 5) is 57.8. The fraction of sp³-hybridized carbons (Fsp3) is 0.611. The Labute approximate surface area is 304 Å². The highest BCUT2D eigenvalue weighted by Gasteiger charge is 2.51. The molecule has 1 amide bonds. The van der Waals surface area contributed by atoms with Gasteiger partial charge in [0.05, 0.1) is 90.6 Å². The van der Waals surface area contributed by atoms with Crippen LogP contribution in [0.5, 0.6) is 17.2 Å². The molecule has 1 aromatic carbocycles. The van der Waals surface area contributed by atoms with Crippen LogP contribution in [0.25, 0.3) is 5.69 Å². The molecule has 0 saturated heterocycles. The van der Waals surface area contributed by atoms with Gasteiger partial charge in [0.1, 0.15) is 5.75 Å². The molecule has 52 heavy (non-hydrogen) atoms. The lowest BCUT2D eigenvalue weighted by atomic mass is 9.73. The monoisotopic (exact) mass is 736 g/mol. The number of nitrogens with zero attached hydrogens (tertiary/aromatic N) is 2. The number of fused-ring (bicyclic) bond motifs is 1. The second-order valence-electron chi connectivity index (χ2n) is 12.7. The molecule has 16 nitrogen and oxygen atoms in total. The van der Waals surface area contributed by atoms with Gasteiger partial charge in [-0.2, -0.15) is 0 Å². The first-order valence-corrected chi connectivity index (χ1v) is 16.9. The molecular formula is C36H52N2O14. The summed E-state index contributed by atoms with van der Waals surface area (Å²) in [6.07, 6.45) is -0.152. The highest BCUT2D eigenvalue weighted by atomic mass is 16.6. The van der Waals surface area contributed by atoms with Crippen molar-refractivity contribution in [2.75, 3.05) is 108 Å². The van der Waals surface area contributed by atoms with E-state index in [0.717, 1.165) is 0 Å². The molecule has 1 aliphatic heterocycles. The lowest BCUT2D eigenvalue weighted by Gasteiger charge is -2.35. The number of carbonyl (C=O) groups is 4. The normalized spacial score (nSPS) is 18.8. The van der Waals surface area contributed by atoms with Crippen LogP contribution in [0.1, 0.15) is 48.2 Å². The van der Waals surface area contributed by atoms with Crippen molar-refractivity contribution in [2.45, 2.75) is 27.2 Å². The molecular weight excluding hydrogens is 684 g/mol. The fourth-order valence-electron chi connectivity index (χ4n) is 5.47. The van der Waals surface area contributed by atoms with Crippen molar-refractivity contribution in [3.05, 3.63) is 35.7 Å². The van der Waals surface area contributed by atoms with Gasteiger partial charge < -0.3 is 52.3 Å². The minimum absolute atomic E-state index is 0.0469. The summed E-state index contributed by atoms with van der Waals surface area (Å²) in [6, 6.07) is 6.43. The minimum atomic E-state index is -1.50. The van der Waals surface area contributed by atoms with Gasteiger partial charge in [-0.25, -0.2) is 4.79 Å². The molecule has 16 heteroatoms. The number of esters is 3. The summed E-state index contributed by atoms with van der Waals surface area (Å²) in [5.74, 6) is -3.65. The van der Waals surface area contributed by atoms with Crippen LogP contribution in [0, 0.1) is 10.8 Å². The van der Waals surface area contributed by atoms with E-state index in [-0.39, 0.29) is 64.1 Å². The topological polar surface area (TPSA) is 169 Å². The number of methoxy groups -OCH3 is 3. The summed E-state index contributed by atoms with van der Waals surface area (Å²) in [5.41, 5.74) is -3.29. The van der Waals surface area contributed by atoms with Gasteiger partial charge in [0.15, 0.2) is 11.4 Å². The number of hydrogen-bond donors (Lipinski definition) is 0. The third kappa shape index (κ3) is 10.7.